The molecule has 1 heterocycles. The first-order chi connectivity index (χ1) is 7.18. The molecule has 0 aliphatic heterocycles. The number of nitrogens with zero attached hydrogens (tertiary/aromatic N) is 2. The Balaban J connectivity index is 2.42. The van der Waals surface area contributed by atoms with Crippen molar-refractivity contribution in [3.8, 4) is 11.4 Å². The Labute approximate surface area is 88.5 Å². The van der Waals surface area contributed by atoms with E-state index < -0.39 is 0 Å². The van der Waals surface area contributed by atoms with Crippen molar-refractivity contribution in [2.75, 3.05) is 0 Å². The highest BCUT2D eigenvalue weighted by Crippen LogP contribution is 2.19. The number of hydrogen-bond acceptors (Lipinski definition) is 3. The fourth-order valence-electron chi connectivity index (χ4n) is 1.42. The third-order valence-electron chi connectivity index (χ3n) is 2.32. The van der Waals surface area contributed by atoms with Gasteiger partial charge in [0, 0.05) is 5.56 Å². The van der Waals surface area contributed by atoms with Crippen molar-refractivity contribution in [2.24, 2.45) is 5.73 Å². The van der Waals surface area contributed by atoms with Crippen molar-refractivity contribution in [2.45, 2.75) is 19.9 Å². The predicted octanol–water partition coefficient (Wildman–Crippen LogP) is 1.80. The average Bonchev–Trinajstić information content (AvgIpc) is 2.67. The van der Waals surface area contributed by atoms with Crippen molar-refractivity contribution in [3.63, 3.8) is 0 Å². The van der Waals surface area contributed by atoms with Crippen LogP contribution >= 0.6 is 0 Å². The van der Waals surface area contributed by atoms with E-state index in [1.807, 2.05) is 38.1 Å². The quantitative estimate of drug-likeness (QED) is 0.780. The molecule has 1 aromatic carbocycles. The van der Waals surface area contributed by atoms with Crippen LogP contribution in [0.5, 0.6) is 0 Å². The molecule has 15 heavy (non-hydrogen) atoms. The third-order valence-corrected chi connectivity index (χ3v) is 2.32. The maximum absolute atomic E-state index is 5.71. The van der Waals surface area contributed by atoms with Crippen LogP contribution in [0, 0.1) is 6.92 Å². The summed E-state index contributed by atoms with van der Waals surface area (Å²) in [6.07, 6.45) is 0. The van der Waals surface area contributed by atoms with E-state index in [2.05, 4.69) is 15.2 Å². The summed E-state index contributed by atoms with van der Waals surface area (Å²) >= 11 is 0. The zero-order chi connectivity index (χ0) is 10.8. The molecule has 4 heteroatoms. The molecule has 0 aliphatic rings. The van der Waals surface area contributed by atoms with Gasteiger partial charge in [0.05, 0.1) is 6.04 Å². The second-order valence-corrected chi connectivity index (χ2v) is 3.65. The zero-order valence-corrected chi connectivity index (χ0v) is 8.86. The number of nitrogens with one attached hydrogen (secondary N) is 1. The molecule has 0 unspecified atom stereocenters. The first-order valence-electron chi connectivity index (χ1n) is 4.92. The number of benzene rings is 1. The average molecular weight is 202 g/mol. The van der Waals surface area contributed by atoms with Gasteiger partial charge in [-0.3, -0.25) is 5.10 Å². The standard InChI is InChI=1S/C11H14N4/c1-7-5-3-4-6-9(7)11-13-10(8(2)12)14-15-11/h3-6,8H,12H2,1-2H3,(H,13,14,15)/t8-/m0/s1. The molecule has 78 valence electrons. The van der Waals surface area contributed by atoms with E-state index in [9.17, 15) is 0 Å². The molecular weight excluding hydrogens is 188 g/mol. The SMILES string of the molecule is Cc1ccccc1-c1n[nH]c([C@H](C)N)n1. The van der Waals surface area contributed by atoms with Gasteiger partial charge in [-0.05, 0) is 19.4 Å². The van der Waals surface area contributed by atoms with E-state index >= 15 is 0 Å². The molecule has 0 saturated carbocycles. The van der Waals surface area contributed by atoms with Gasteiger partial charge in [0.15, 0.2) is 5.82 Å². The Morgan fingerprint density at radius 3 is 2.67 bits per heavy atom. The smallest absolute Gasteiger partial charge is 0.181 e. The lowest BCUT2D eigenvalue weighted by atomic mass is 10.1. The number of aromatic amines is 1. The molecule has 4 nitrogen and oxygen atoms in total. The molecule has 0 spiro atoms. The number of rotatable bonds is 2. The highest BCUT2D eigenvalue weighted by atomic mass is 15.2. The van der Waals surface area contributed by atoms with Gasteiger partial charge in [0.2, 0.25) is 0 Å². The van der Waals surface area contributed by atoms with E-state index in [-0.39, 0.29) is 6.04 Å². The normalized spacial score (nSPS) is 12.7. The molecule has 0 amide bonds. The zero-order valence-electron chi connectivity index (χ0n) is 8.86. The lowest BCUT2D eigenvalue weighted by Gasteiger charge is -1.99. The molecule has 0 bridgehead atoms. The van der Waals surface area contributed by atoms with E-state index in [1.165, 1.54) is 0 Å². The fourth-order valence-corrected chi connectivity index (χ4v) is 1.42. The topological polar surface area (TPSA) is 67.6 Å². The molecule has 2 aromatic rings. The Morgan fingerprint density at radius 1 is 1.33 bits per heavy atom. The van der Waals surface area contributed by atoms with Gasteiger partial charge in [0.25, 0.3) is 0 Å². The fraction of sp³-hybridized carbons (Fsp3) is 0.273. The van der Waals surface area contributed by atoms with E-state index in [0.717, 1.165) is 11.1 Å². The van der Waals surface area contributed by atoms with Crippen molar-refractivity contribution >= 4 is 0 Å². The molecule has 3 N–H and O–H groups in total. The van der Waals surface area contributed by atoms with Crippen LogP contribution in [0.1, 0.15) is 24.4 Å². The molecule has 0 saturated heterocycles. The lowest BCUT2D eigenvalue weighted by molar-refractivity contribution is 0.745. The number of aromatic nitrogens is 3. The van der Waals surface area contributed by atoms with Crippen LogP contribution in [0.4, 0.5) is 0 Å². The Hall–Kier alpha value is -1.68. The van der Waals surface area contributed by atoms with Crippen LogP contribution in [-0.4, -0.2) is 15.2 Å². The minimum Gasteiger partial charge on any atom is -0.322 e. The Bertz CT molecular complexity index is 459. The Morgan fingerprint density at radius 2 is 2.07 bits per heavy atom. The van der Waals surface area contributed by atoms with E-state index in [1.54, 1.807) is 0 Å². The summed E-state index contributed by atoms with van der Waals surface area (Å²) in [7, 11) is 0. The van der Waals surface area contributed by atoms with Crippen LogP contribution in [0.25, 0.3) is 11.4 Å². The van der Waals surface area contributed by atoms with Crippen molar-refractivity contribution in [1.82, 2.24) is 15.2 Å². The number of hydrogen-bond donors (Lipinski definition) is 2. The number of H-pyrrole nitrogens is 1. The lowest BCUT2D eigenvalue weighted by Crippen LogP contribution is -2.06. The molecule has 0 fully saturated rings. The Kier molecular flexibility index (Phi) is 2.51. The minimum atomic E-state index is -0.115. The summed E-state index contributed by atoms with van der Waals surface area (Å²) in [4.78, 5) is 4.35. The molecule has 1 atom stereocenters. The maximum Gasteiger partial charge on any atom is 0.181 e. The van der Waals surface area contributed by atoms with Crippen LogP contribution in [0.15, 0.2) is 24.3 Å². The second-order valence-electron chi connectivity index (χ2n) is 3.65. The summed E-state index contributed by atoms with van der Waals surface area (Å²) in [6.45, 7) is 3.92. The van der Waals surface area contributed by atoms with Crippen molar-refractivity contribution in [3.05, 3.63) is 35.7 Å². The van der Waals surface area contributed by atoms with Crippen molar-refractivity contribution in [1.29, 1.82) is 0 Å². The van der Waals surface area contributed by atoms with Crippen LogP contribution in [0.2, 0.25) is 0 Å². The summed E-state index contributed by atoms with van der Waals surface area (Å²) < 4.78 is 0. The molecule has 1 aromatic heterocycles. The summed E-state index contributed by atoms with van der Waals surface area (Å²) in [5.74, 6) is 1.42. The largest absolute Gasteiger partial charge is 0.322 e. The van der Waals surface area contributed by atoms with Gasteiger partial charge in [-0.2, -0.15) is 5.10 Å². The van der Waals surface area contributed by atoms with Gasteiger partial charge in [-0.25, -0.2) is 4.98 Å². The minimum absolute atomic E-state index is 0.115. The molecule has 0 aliphatic carbocycles. The first kappa shape index (κ1) is 9.86. The number of nitrogens with two attached hydrogens (primary N) is 1. The molecule has 0 radical (unpaired) electrons. The summed E-state index contributed by atoms with van der Waals surface area (Å²) in [6, 6.07) is 7.90. The predicted molar refractivity (Wildman–Crippen MR) is 59.2 cm³/mol. The van der Waals surface area contributed by atoms with Crippen LogP contribution in [0.3, 0.4) is 0 Å². The van der Waals surface area contributed by atoms with Gasteiger partial charge in [-0.15, -0.1) is 0 Å². The highest BCUT2D eigenvalue weighted by molar-refractivity contribution is 5.59. The second kappa shape index (κ2) is 3.82. The van der Waals surface area contributed by atoms with Gasteiger partial charge in [-0.1, -0.05) is 24.3 Å². The van der Waals surface area contributed by atoms with Crippen molar-refractivity contribution < 1.29 is 0 Å². The third kappa shape index (κ3) is 1.89. The van der Waals surface area contributed by atoms with E-state index in [4.69, 9.17) is 5.73 Å². The van der Waals surface area contributed by atoms with Gasteiger partial charge >= 0.3 is 0 Å². The van der Waals surface area contributed by atoms with Crippen LogP contribution in [-0.2, 0) is 0 Å². The highest BCUT2D eigenvalue weighted by Gasteiger charge is 2.09. The summed E-state index contributed by atoms with van der Waals surface area (Å²) in [5.41, 5.74) is 7.91. The number of aryl methyl sites for hydroxylation is 1. The summed E-state index contributed by atoms with van der Waals surface area (Å²) in [5, 5.41) is 7.00. The van der Waals surface area contributed by atoms with Gasteiger partial charge in [0.1, 0.15) is 5.82 Å². The monoisotopic (exact) mass is 202 g/mol. The first-order valence-corrected chi connectivity index (χ1v) is 4.92. The maximum atomic E-state index is 5.71. The van der Waals surface area contributed by atoms with Gasteiger partial charge < -0.3 is 5.73 Å². The van der Waals surface area contributed by atoms with E-state index in [0.29, 0.717) is 11.6 Å². The molecule has 2 rings (SSSR count). The molecular formula is C11H14N4. The van der Waals surface area contributed by atoms with Crippen LogP contribution < -0.4 is 5.73 Å².